The minimum absolute atomic E-state index is 0.110. The number of aromatic nitrogens is 1. The van der Waals surface area contributed by atoms with Crippen LogP contribution in [-0.2, 0) is 9.53 Å². The van der Waals surface area contributed by atoms with E-state index in [-0.39, 0.29) is 24.4 Å². The smallest absolute Gasteiger partial charge is 0.327 e. The molecule has 156 valence electrons. The van der Waals surface area contributed by atoms with Crippen LogP contribution in [0.3, 0.4) is 0 Å². The van der Waals surface area contributed by atoms with Gasteiger partial charge in [0.15, 0.2) is 0 Å². The van der Waals surface area contributed by atoms with Crippen LogP contribution in [0.2, 0.25) is 0 Å². The molecule has 0 saturated carbocycles. The molecular weight excluding hydrogens is 370 g/mol. The van der Waals surface area contributed by atoms with Crippen molar-refractivity contribution in [3.8, 4) is 6.07 Å². The molecule has 1 aromatic rings. The zero-order valence-electron chi connectivity index (χ0n) is 17.4. The lowest BCUT2D eigenvalue weighted by atomic mass is 9.85. The molecule has 0 aliphatic carbocycles. The van der Waals surface area contributed by atoms with Crippen LogP contribution < -0.4 is 4.90 Å². The van der Waals surface area contributed by atoms with Gasteiger partial charge >= 0.3 is 6.03 Å². The number of rotatable bonds is 7. The number of hydrogen-bond acceptors (Lipinski definition) is 6. The van der Waals surface area contributed by atoms with Gasteiger partial charge in [-0.3, -0.25) is 9.69 Å². The highest BCUT2D eigenvalue weighted by atomic mass is 16.5. The summed E-state index contributed by atoms with van der Waals surface area (Å²) in [7, 11) is 0. The summed E-state index contributed by atoms with van der Waals surface area (Å²) in [5, 5.41) is 9.13. The number of carbonyl (C=O) groups excluding carboxylic acids is 2. The number of piperidine rings is 1. The Bertz CT molecular complexity index is 796. The molecule has 2 aliphatic heterocycles. The zero-order chi connectivity index (χ0) is 21.0. The quantitative estimate of drug-likeness (QED) is 0.516. The molecule has 0 N–H and O–H groups in total. The lowest BCUT2D eigenvalue weighted by Gasteiger charge is -2.43. The molecule has 1 aromatic heterocycles. The summed E-state index contributed by atoms with van der Waals surface area (Å²) in [6.45, 7) is 8.98. The Hall–Kier alpha value is -2.66. The molecule has 8 heteroatoms. The van der Waals surface area contributed by atoms with Crippen LogP contribution in [0, 0.1) is 17.2 Å². The number of carbonyl (C=O) groups is 2. The molecule has 0 unspecified atom stereocenters. The second kappa shape index (κ2) is 8.78. The van der Waals surface area contributed by atoms with Gasteiger partial charge in [0.25, 0.3) is 5.91 Å². The second-order valence-electron chi connectivity index (χ2n) is 7.97. The van der Waals surface area contributed by atoms with Gasteiger partial charge in [0.2, 0.25) is 0 Å². The molecule has 0 atom stereocenters. The summed E-state index contributed by atoms with van der Waals surface area (Å²) < 4.78 is 5.37. The molecule has 3 rings (SSSR count). The van der Waals surface area contributed by atoms with Gasteiger partial charge in [0.1, 0.15) is 11.4 Å². The van der Waals surface area contributed by atoms with Gasteiger partial charge in [-0.05, 0) is 37.8 Å². The maximum absolute atomic E-state index is 13.4. The van der Waals surface area contributed by atoms with Crippen molar-refractivity contribution in [2.75, 3.05) is 44.3 Å². The van der Waals surface area contributed by atoms with Gasteiger partial charge in [0.05, 0.1) is 24.8 Å². The van der Waals surface area contributed by atoms with Crippen LogP contribution in [0.5, 0.6) is 0 Å². The Morgan fingerprint density at radius 2 is 2.03 bits per heavy atom. The van der Waals surface area contributed by atoms with Crippen molar-refractivity contribution >= 4 is 17.8 Å². The van der Waals surface area contributed by atoms with Gasteiger partial charge in [-0.25, -0.2) is 9.78 Å². The number of ether oxygens (including phenoxy) is 1. The first-order valence-corrected chi connectivity index (χ1v) is 10.3. The molecule has 29 heavy (non-hydrogen) atoms. The lowest BCUT2D eigenvalue weighted by molar-refractivity contribution is -0.134. The Morgan fingerprint density at radius 3 is 2.66 bits per heavy atom. The van der Waals surface area contributed by atoms with Crippen LogP contribution in [0.15, 0.2) is 18.3 Å². The van der Waals surface area contributed by atoms with E-state index in [0.717, 1.165) is 5.82 Å². The molecule has 2 fully saturated rings. The predicted molar refractivity (Wildman–Crippen MR) is 108 cm³/mol. The standard InChI is InChI=1S/C21H29N5O3/c1-4-29-12-11-25-19(27)21(26(20(25)28)15-16(2)3)6-9-24(10-7-21)18-13-17(14-22)5-8-23-18/h5,8,13,16H,4,6-7,9-12,15H2,1-3H3. The van der Waals surface area contributed by atoms with E-state index in [2.05, 4.69) is 29.8 Å². The highest BCUT2D eigenvalue weighted by Crippen LogP contribution is 2.38. The van der Waals surface area contributed by atoms with Crippen molar-refractivity contribution in [2.45, 2.75) is 39.2 Å². The van der Waals surface area contributed by atoms with E-state index >= 15 is 0 Å². The Balaban J connectivity index is 1.79. The monoisotopic (exact) mass is 399 g/mol. The number of amides is 3. The number of nitriles is 1. The van der Waals surface area contributed by atoms with Crippen molar-refractivity contribution in [1.82, 2.24) is 14.8 Å². The van der Waals surface area contributed by atoms with Crippen molar-refractivity contribution in [3.63, 3.8) is 0 Å². The van der Waals surface area contributed by atoms with E-state index in [1.54, 1.807) is 23.2 Å². The largest absolute Gasteiger partial charge is 0.380 e. The topological polar surface area (TPSA) is 89.8 Å². The highest BCUT2D eigenvalue weighted by molar-refractivity contribution is 6.07. The predicted octanol–water partition coefficient (Wildman–Crippen LogP) is 2.25. The first kappa shape index (κ1) is 21.1. The minimum Gasteiger partial charge on any atom is -0.380 e. The average molecular weight is 399 g/mol. The summed E-state index contributed by atoms with van der Waals surface area (Å²) >= 11 is 0. The van der Waals surface area contributed by atoms with Gasteiger partial charge in [-0.15, -0.1) is 0 Å². The third-order valence-electron chi connectivity index (χ3n) is 5.62. The van der Waals surface area contributed by atoms with Crippen LogP contribution in [0.1, 0.15) is 39.2 Å². The van der Waals surface area contributed by atoms with Crippen molar-refractivity contribution in [1.29, 1.82) is 5.26 Å². The molecular formula is C21H29N5O3. The SMILES string of the molecule is CCOCCN1C(=O)N(CC(C)C)C2(CCN(c3cc(C#N)ccn3)CC2)C1=O. The summed E-state index contributed by atoms with van der Waals surface area (Å²) in [5.41, 5.74) is -0.234. The maximum atomic E-state index is 13.4. The van der Waals surface area contributed by atoms with Gasteiger partial charge in [0, 0.05) is 32.4 Å². The fraction of sp³-hybridized carbons (Fsp3) is 0.619. The second-order valence-corrected chi connectivity index (χ2v) is 7.97. The molecule has 0 aromatic carbocycles. The number of pyridine rings is 1. The Kier molecular flexibility index (Phi) is 6.38. The van der Waals surface area contributed by atoms with E-state index in [9.17, 15) is 9.59 Å². The summed E-state index contributed by atoms with van der Waals surface area (Å²) in [4.78, 5) is 36.0. The normalized spacial score (nSPS) is 18.8. The first-order valence-electron chi connectivity index (χ1n) is 10.3. The van der Waals surface area contributed by atoms with Crippen molar-refractivity contribution in [3.05, 3.63) is 23.9 Å². The molecule has 1 spiro atoms. The van der Waals surface area contributed by atoms with Crippen LogP contribution in [0.25, 0.3) is 0 Å². The van der Waals surface area contributed by atoms with E-state index in [0.29, 0.717) is 51.3 Å². The summed E-state index contributed by atoms with van der Waals surface area (Å²) in [6, 6.07) is 5.37. The molecule has 8 nitrogen and oxygen atoms in total. The highest BCUT2D eigenvalue weighted by Gasteiger charge is 2.57. The van der Waals surface area contributed by atoms with Crippen LogP contribution in [0.4, 0.5) is 10.6 Å². The number of anilines is 1. The van der Waals surface area contributed by atoms with Gasteiger partial charge < -0.3 is 14.5 Å². The third-order valence-corrected chi connectivity index (χ3v) is 5.62. The lowest BCUT2D eigenvalue weighted by Crippen LogP contribution is -2.57. The van der Waals surface area contributed by atoms with Crippen LogP contribution in [-0.4, -0.2) is 71.7 Å². The minimum atomic E-state index is -0.795. The number of nitrogens with zero attached hydrogens (tertiary/aromatic N) is 5. The van der Waals surface area contributed by atoms with Gasteiger partial charge in [-0.2, -0.15) is 5.26 Å². The molecule has 3 amide bonds. The van der Waals surface area contributed by atoms with Crippen LogP contribution >= 0.6 is 0 Å². The van der Waals surface area contributed by atoms with Crippen molar-refractivity contribution in [2.24, 2.45) is 5.92 Å². The fourth-order valence-corrected chi connectivity index (χ4v) is 4.15. The number of imide groups is 1. The first-order chi connectivity index (χ1) is 13.9. The Labute approximate surface area is 172 Å². The maximum Gasteiger partial charge on any atom is 0.327 e. The van der Waals surface area contributed by atoms with E-state index in [1.165, 1.54) is 4.90 Å². The van der Waals surface area contributed by atoms with E-state index < -0.39 is 5.54 Å². The zero-order valence-corrected chi connectivity index (χ0v) is 17.4. The molecule has 2 aliphatic rings. The number of hydrogen-bond donors (Lipinski definition) is 0. The average Bonchev–Trinajstić information content (AvgIpc) is 2.90. The number of urea groups is 1. The summed E-state index contributed by atoms with van der Waals surface area (Å²) in [5.74, 6) is 0.892. The molecule has 0 bridgehead atoms. The Morgan fingerprint density at radius 1 is 1.31 bits per heavy atom. The summed E-state index contributed by atoms with van der Waals surface area (Å²) in [6.07, 6.45) is 2.73. The molecule has 3 heterocycles. The third kappa shape index (κ3) is 4.06. The van der Waals surface area contributed by atoms with E-state index in [1.807, 2.05) is 6.92 Å². The van der Waals surface area contributed by atoms with Crippen molar-refractivity contribution < 1.29 is 14.3 Å². The molecule has 2 saturated heterocycles. The van der Waals surface area contributed by atoms with E-state index in [4.69, 9.17) is 10.00 Å². The molecule has 0 radical (unpaired) electrons. The fourth-order valence-electron chi connectivity index (χ4n) is 4.15. The van der Waals surface area contributed by atoms with Gasteiger partial charge in [-0.1, -0.05) is 13.8 Å².